The molecule has 0 aliphatic carbocycles. The molecule has 1 aromatic carbocycles. The van der Waals surface area contributed by atoms with Crippen molar-refractivity contribution >= 4 is 11.8 Å². The summed E-state index contributed by atoms with van der Waals surface area (Å²) in [6, 6.07) is 7.54. The molecule has 1 atom stereocenters. The van der Waals surface area contributed by atoms with Gasteiger partial charge in [-0.05, 0) is 24.1 Å². The zero-order chi connectivity index (χ0) is 16.4. The van der Waals surface area contributed by atoms with Crippen molar-refractivity contribution in [2.24, 2.45) is 0 Å². The van der Waals surface area contributed by atoms with E-state index >= 15 is 0 Å². The molecule has 1 rings (SSSR count). The first-order valence-electron chi connectivity index (χ1n) is 7.52. The molecule has 22 heavy (non-hydrogen) atoms. The third kappa shape index (κ3) is 7.08. The number of likely N-dealkylation sites (N-methyl/N-ethyl adjacent to an activating group) is 1. The lowest BCUT2D eigenvalue weighted by molar-refractivity contribution is -0.862. The highest BCUT2D eigenvalue weighted by Crippen LogP contribution is 2.10. The van der Waals surface area contributed by atoms with Crippen LogP contribution in [0.5, 0.6) is 5.75 Å². The number of rotatable bonds is 9. The predicted molar refractivity (Wildman–Crippen MR) is 84.8 cm³/mol. The number of amides is 2. The van der Waals surface area contributed by atoms with Gasteiger partial charge in [-0.15, -0.1) is 0 Å². The zero-order valence-corrected chi connectivity index (χ0v) is 13.6. The number of carbonyl (C=O) groups is 2. The molecule has 1 aromatic rings. The highest BCUT2D eigenvalue weighted by molar-refractivity contribution is 5.78. The monoisotopic (exact) mass is 308 g/mol. The second-order valence-electron chi connectivity index (χ2n) is 5.29. The molecule has 2 amide bonds. The van der Waals surface area contributed by atoms with E-state index < -0.39 is 0 Å². The average Bonchev–Trinajstić information content (AvgIpc) is 2.51. The fourth-order valence-corrected chi connectivity index (χ4v) is 1.94. The third-order valence-corrected chi connectivity index (χ3v) is 3.15. The van der Waals surface area contributed by atoms with E-state index in [1.807, 2.05) is 38.2 Å². The van der Waals surface area contributed by atoms with E-state index in [2.05, 4.69) is 10.6 Å². The van der Waals surface area contributed by atoms with Crippen LogP contribution in [0.15, 0.2) is 24.3 Å². The molecule has 0 spiro atoms. The lowest BCUT2D eigenvalue weighted by Crippen LogP contribution is -3.11. The molecule has 1 unspecified atom stereocenters. The summed E-state index contributed by atoms with van der Waals surface area (Å²) in [5, 5.41) is 5.65. The third-order valence-electron chi connectivity index (χ3n) is 3.15. The standard InChI is InChI=1S/C16H25N3O3/c1-4-9-17-15(20)11-19(2)12-16(21)18-10-13-5-7-14(22-3)8-6-13/h5-8H,4,9-12H2,1-3H3,(H,17,20)(H,18,21)/p+1. The minimum atomic E-state index is -0.0726. The Morgan fingerprint density at radius 3 is 2.23 bits per heavy atom. The Morgan fingerprint density at radius 2 is 1.68 bits per heavy atom. The van der Waals surface area contributed by atoms with Gasteiger partial charge >= 0.3 is 0 Å². The predicted octanol–water partition coefficient (Wildman–Crippen LogP) is -0.648. The maximum atomic E-state index is 11.9. The van der Waals surface area contributed by atoms with E-state index in [0.717, 1.165) is 22.6 Å². The molecule has 0 heterocycles. The summed E-state index contributed by atoms with van der Waals surface area (Å²) in [4.78, 5) is 24.3. The van der Waals surface area contributed by atoms with E-state index in [4.69, 9.17) is 4.74 Å². The normalized spacial score (nSPS) is 11.6. The van der Waals surface area contributed by atoms with Crippen LogP contribution in [-0.2, 0) is 16.1 Å². The molecule has 0 saturated carbocycles. The molecule has 0 saturated heterocycles. The van der Waals surface area contributed by atoms with Crippen LogP contribution in [0.3, 0.4) is 0 Å². The van der Waals surface area contributed by atoms with Gasteiger partial charge in [-0.25, -0.2) is 0 Å². The first-order valence-corrected chi connectivity index (χ1v) is 7.52. The van der Waals surface area contributed by atoms with Crippen LogP contribution in [-0.4, -0.2) is 45.6 Å². The number of ether oxygens (including phenoxy) is 1. The van der Waals surface area contributed by atoms with Gasteiger partial charge in [0.15, 0.2) is 13.1 Å². The lowest BCUT2D eigenvalue weighted by Gasteiger charge is -2.13. The van der Waals surface area contributed by atoms with Gasteiger partial charge in [0, 0.05) is 13.1 Å². The summed E-state index contributed by atoms with van der Waals surface area (Å²) in [6.45, 7) is 3.73. The van der Waals surface area contributed by atoms with E-state index in [0.29, 0.717) is 19.6 Å². The maximum absolute atomic E-state index is 11.9. The van der Waals surface area contributed by atoms with Gasteiger partial charge in [0.1, 0.15) is 5.75 Å². The van der Waals surface area contributed by atoms with Crippen LogP contribution >= 0.6 is 0 Å². The molecule has 0 aliphatic heterocycles. The summed E-state index contributed by atoms with van der Waals surface area (Å²) in [6.07, 6.45) is 0.910. The number of quaternary nitrogens is 1. The highest BCUT2D eigenvalue weighted by atomic mass is 16.5. The van der Waals surface area contributed by atoms with Crippen molar-refractivity contribution in [3.05, 3.63) is 29.8 Å². The van der Waals surface area contributed by atoms with Gasteiger partial charge in [0.05, 0.1) is 14.2 Å². The Kier molecular flexibility index (Phi) is 7.99. The second kappa shape index (κ2) is 9.78. The maximum Gasteiger partial charge on any atom is 0.275 e. The van der Waals surface area contributed by atoms with E-state index in [-0.39, 0.29) is 18.4 Å². The molecule has 122 valence electrons. The molecule has 0 aromatic heterocycles. The van der Waals surface area contributed by atoms with Crippen LogP contribution in [0.25, 0.3) is 0 Å². The van der Waals surface area contributed by atoms with Gasteiger partial charge < -0.3 is 20.3 Å². The van der Waals surface area contributed by atoms with E-state index in [1.165, 1.54) is 0 Å². The van der Waals surface area contributed by atoms with Crippen LogP contribution < -0.4 is 20.3 Å². The summed E-state index contributed by atoms with van der Waals surface area (Å²) >= 11 is 0. The van der Waals surface area contributed by atoms with Crippen LogP contribution in [0.2, 0.25) is 0 Å². The molecule has 0 bridgehead atoms. The van der Waals surface area contributed by atoms with Gasteiger partial charge in [-0.2, -0.15) is 0 Å². The Balaban J connectivity index is 2.28. The Morgan fingerprint density at radius 1 is 1.09 bits per heavy atom. The number of hydrogen-bond donors (Lipinski definition) is 3. The number of carbonyl (C=O) groups excluding carboxylic acids is 2. The zero-order valence-electron chi connectivity index (χ0n) is 13.6. The van der Waals surface area contributed by atoms with Crippen molar-refractivity contribution in [3.63, 3.8) is 0 Å². The fraction of sp³-hybridized carbons (Fsp3) is 0.500. The van der Waals surface area contributed by atoms with Gasteiger partial charge in [0.25, 0.3) is 11.8 Å². The topological polar surface area (TPSA) is 71.9 Å². The summed E-state index contributed by atoms with van der Waals surface area (Å²) < 4.78 is 5.08. The van der Waals surface area contributed by atoms with Crippen LogP contribution in [0.1, 0.15) is 18.9 Å². The molecule has 3 N–H and O–H groups in total. The fourth-order valence-electron chi connectivity index (χ4n) is 1.94. The van der Waals surface area contributed by atoms with Gasteiger partial charge in [-0.3, -0.25) is 9.59 Å². The van der Waals surface area contributed by atoms with E-state index in [1.54, 1.807) is 7.11 Å². The van der Waals surface area contributed by atoms with Crippen LogP contribution in [0.4, 0.5) is 0 Å². The van der Waals surface area contributed by atoms with Gasteiger partial charge in [0.2, 0.25) is 0 Å². The van der Waals surface area contributed by atoms with Crippen molar-refractivity contribution in [1.29, 1.82) is 0 Å². The van der Waals surface area contributed by atoms with Gasteiger partial charge in [-0.1, -0.05) is 19.1 Å². The Hall–Kier alpha value is -2.08. The molecular weight excluding hydrogens is 282 g/mol. The van der Waals surface area contributed by atoms with Crippen molar-refractivity contribution in [2.75, 3.05) is 33.8 Å². The quantitative estimate of drug-likeness (QED) is 0.568. The molecule has 0 fully saturated rings. The first kappa shape index (κ1) is 18.0. The average molecular weight is 308 g/mol. The SMILES string of the molecule is CCCNC(=O)C[NH+](C)CC(=O)NCc1ccc(OC)cc1. The van der Waals surface area contributed by atoms with E-state index in [9.17, 15) is 9.59 Å². The minimum Gasteiger partial charge on any atom is -0.497 e. The number of benzene rings is 1. The van der Waals surface area contributed by atoms with Crippen molar-refractivity contribution < 1.29 is 19.2 Å². The molecule has 6 nitrogen and oxygen atoms in total. The van der Waals surface area contributed by atoms with Crippen molar-refractivity contribution in [2.45, 2.75) is 19.9 Å². The highest BCUT2D eigenvalue weighted by Gasteiger charge is 2.13. The summed E-state index contributed by atoms with van der Waals surface area (Å²) in [5.74, 6) is 0.691. The summed E-state index contributed by atoms with van der Waals surface area (Å²) in [7, 11) is 3.45. The van der Waals surface area contributed by atoms with Crippen molar-refractivity contribution in [1.82, 2.24) is 10.6 Å². The summed E-state index contributed by atoms with van der Waals surface area (Å²) in [5.41, 5.74) is 1.01. The smallest absolute Gasteiger partial charge is 0.275 e. The Bertz CT molecular complexity index is 474. The minimum absolute atomic E-state index is 0.0256. The van der Waals surface area contributed by atoms with Crippen molar-refractivity contribution in [3.8, 4) is 5.75 Å². The number of methoxy groups -OCH3 is 1. The largest absolute Gasteiger partial charge is 0.497 e. The molecule has 0 radical (unpaired) electrons. The lowest BCUT2D eigenvalue weighted by atomic mass is 10.2. The number of hydrogen-bond acceptors (Lipinski definition) is 3. The van der Waals surface area contributed by atoms with Crippen LogP contribution in [0, 0.1) is 0 Å². The molecule has 6 heteroatoms. The molecular formula is C16H26N3O3+. The second-order valence-corrected chi connectivity index (χ2v) is 5.29. The Labute approximate surface area is 131 Å². The molecule has 0 aliphatic rings. The number of nitrogens with one attached hydrogen (secondary N) is 3. The first-order chi connectivity index (χ1) is 10.5.